The maximum atomic E-state index is 14.0. The molecule has 1 amide bonds. The number of hydrogen-bond donors (Lipinski definition) is 5. The first-order valence-corrected chi connectivity index (χ1v) is 13.1. The van der Waals surface area contributed by atoms with Gasteiger partial charge in [0.25, 0.3) is 5.91 Å². The number of fused-ring (bicyclic) bond motifs is 3. The van der Waals surface area contributed by atoms with Crippen molar-refractivity contribution < 1.29 is 39.5 Å². The molecule has 0 radical (unpaired) electrons. The van der Waals surface area contributed by atoms with Crippen LogP contribution < -0.4 is 10.6 Å². The minimum absolute atomic E-state index is 0.0426. The Bertz CT molecular complexity index is 1330. The highest BCUT2D eigenvalue weighted by molar-refractivity contribution is 6.24. The van der Waals surface area contributed by atoms with Crippen LogP contribution in [-0.2, 0) is 32.1 Å². The maximum absolute atomic E-state index is 14.0. The number of rotatable bonds is 8. The van der Waals surface area contributed by atoms with Gasteiger partial charge in [-0.25, -0.2) is 0 Å². The van der Waals surface area contributed by atoms with Crippen LogP contribution in [-0.4, -0.2) is 115 Å². The summed E-state index contributed by atoms with van der Waals surface area (Å²) in [5.41, 5.74) is 3.67. The van der Waals surface area contributed by atoms with Crippen molar-refractivity contribution in [2.24, 2.45) is 17.6 Å². The van der Waals surface area contributed by atoms with Crippen LogP contribution in [0.25, 0.3) is 5.76 Å². The van der Waals surface area contributed by atoms with Crippen molar-refractivity contribution in [2.45, 2.75) is 31.0 Å². The molecule has 1 fully saturated rings. The number of ether oxygens (including phenoxy) is 1. The van der Waals surface area contributed by atoms with E-state index in [-0.39, 0.29) is 29.7 Å². The van der Waals surface area contributed by atoms with Crippen LogP contribution in [0.4, 0.5) is 5.69 Å². The van der Waals surface area contributed by atoms with E-state index in [2.05, 4.69) is 0 Å². The molecule has 0 heterocycles. The van der Waals surface area contributed by atoms with E-state index in [1.165, 1.54) is 4.90 Å². The Morgan fingerprint density at radius 2 is 1.80 bits per heavy atom. The normalized spacial score (nSPS) is 26.3. The van der Waals surface area contributed by atoms with Crippen molar-refractivity contribution >= 4 is 28.9 Å². The summed E-state index contributed by atoms with van der Waals surface area (Å²) >= 11 is 0. The van der Waals surface area contributed by atoms with Gasteiger partial charge in [-0.1, -0.05) is 0 Å². The molecular weight excluding hydrogens is 520 g/mol. The number of aromatic hydroxyl groups is 1. The number of amides is 1. The largest absolute Gasteiger partial charge is 0.508 e. The van der Waals surface area contributed by atoms with Crippen LogP contribution >= 0.6 is 0 Å². The van der Waals surface area contributed by atoms with Gasteiger partial charge in [-0.2, -0.15) is 0 Å². The van der Waals surface area contributed by atoms with Crippen molar-refractivity contribution in [1.29, 1.82) is 0 Å². The highest BCUT2D eigenvalue weighted by Gasteiger charge is 2.64. The number of carbonyl (C=O) groups is 3. The number of nitrogens with zero attached hydrogens (tertiary/aromatic N) is 3. The molecular formula is C28H38N4O8. The number of anilines is 1. The highest BCUT2D eigenvalue weighted by atomic mass is 16.5. The number of nitrogens with two attached hydrogens (primary N) is 1. The molecule has 6 N–H and O–H groups in total. The number of primary amides is 1. The van der Waals surface area contributed by atoms with Gasteiger partial charge in [0.2, 0.25) is 5.78 Å². The molecule has 0 spiro atoms. The van der Waals surface area contributed by atoms with Gasteiger partial charge in [-0.3, -0.25) is 24.2 Å². The smallest absolute Gasteiger partial charge is 0.255 e. The Kier molecular flexibility index (Phi) is 7.76. The Hall–Kier alpha value is -3.45. The first kappa shape index (κ1) is 29.5. The molecule has 0 saturated heterocycles. The molecule has 0 aromatic heterocycles. The van der Waals surface area contributed by atoms with E-state index in [0.717, 1.165) is 5.69 Å². The van der Waals surface area contributed by atoms with Crippen LogP contribution in [0.1, 0.15) is 23.1 Å². The second kappa shape index (κ2) is 10.5. The van der Waals surface area contributed by atoms with E-state index < -0.39 is 58.0 Å². The predicted octanol–water partition coefficient (Wildman–Crippen LogP) is 0.108. The summed E-state index contributed by atoms with van der Waals surface area (Å²) in [7, 11) is 10.3. The zero-order valence-corrected chi connectivity index (χ0v) is 23.7. The zero-order valence-electron chi connectivity index (χ0n) is 23.7. The van der Waals surface area contributed by atoms with Gasteiger partial charge >= 0.3 is 0 Å². The van der Waals surface area contributed by atoms with E-state index in [0.29, 0.717) is 30.8 Å². The molecule has 3 aliphatic rings. The molecule has 40 heavy (non-hydrogen) atoms. The van der Waals surface area contributed by atoms with Crippen LogP contribution in [0.15, 0.2) is 23.0 Å². The second-order valence-corrected chi connectivity index (χ2v) is 11.3. The quantitative estimate of drug-likeness (QED) is 0.274. The molecule has 0 aliphatic heterocycles. The fraction of sp³-hybridized carbons (Fsp3) is 0.536. The van der Waals surface area contributed by atoms with Crippen molar-refractivity contribution in [3.63, 3.8) is 0 Å². The fourth-order valence-electron chi connectivity index (χ4n) is 6.48. The number of likely N-dealkylation sites (N-methyl/N-ethyl adjacent to an activating group) is 2. The number of carbonyl (C=O) groups excluding carboxylic acids is 3. The molecule has 3 aliphatic carbocycles. The molecule has 2 unspecified atom stereocenters. The summed E-state index contributed by atoms with van der Waals surface area (Å²) in [6, 6.07) is 0.723. The van der Waals surface area contributed by atoms with Crippen LogP contribution in [0.5, 0.6) is 5.75 Å². The third-order valence-corrected chi connectivity index (χ3v) is 8.38. The lowest BCUT2D eigenvalue weighted by molar-refractivity contribution is -0.153. The predicted molar refractivity (Wildman–Crippen MR) is 147 cm³/mol. The average molecular weight is 559 g/mol. The van der Waals surface area contributed by atoms with Gasteiger partial charge in [0, 0.05) is 57.0 Å². The van der Waals surface area contributed by atoms with Crippen LogP contribution in [0, 0.1) is 11.8 Å². The van der Waals surface area contributed by atoms with Crippen LogP contribution in [0.3, 0.4) is 0 Å². The number of Topliss-reactive ketones (excluding diaryl/α,β-unsaturated/α-hetero) is 2. The van der Waals surface area contributed by atoms with E-state index in [1.807, 2.05) is 37.0 Å². The fourth-order valence-corrected chi connectivity index (χ4v) is 6.48. The van der Waals surface area contributed by atoms with E-state index in [9.17, 15) is 34.8 Å². The van der Waals surface area contributed by atoms with E-state index in [1.54, 1.807) is 21.2 Å². The first-order valence-electron chi connectivity index (χ1n) is 13.1. The molecule has 1 saturated carbocycles. The standard InChI is InChI=1S/C28H38N4O8/c1-30(2)17-11-14(12-32(5)7-8-40-6)22(33)19-15(17)9-13-10-16-21(31(3)4)24(35)20(27(29)38)26(37)28(16,39)25(36)18(13)23(19)34/h11,13,16,21,33-34,37,39H,7-10,12H2,1-6H3,(H2,29,38)/t13?,16?,21-,28-/m0/s1. The van der Waals surface area contributed by atoms with E-state index in [4.69, 9.17) is 10.5 Å². The topological polar surface area (TPSA) is 177 Å². The SMILES string of the molecule is COCCN(C)Cc1cc(N(C)C)c2c(c1O)C(O)=C1C(=O)[C@]3(O)C(O)=C(C(N)=O)C(=O)[C@@H](N(C)C)C3CC1C2. The molecule has 12 nitrogen and oxygen atoms in total. The maximum Gasteiger partial charge on any atom is 0.255 e. The molecule has 1 aromatic carbocycles. The monoisotopic (exact) mass is 558 g/mol. The van der Waals surface area contributed by atoms with Gasteiger partial charge in [-0.05, 0) is 51.5 Å². The number of phenols is 1. The van der Waals surface area contributed by atoms with Gasteiger partial charge in [0.05, 0.1) is 18.2 Å². The van der Waals surface area contributed by atoms with Gasteiger partial charge in [-0.15, -0.1) is 0 Å². The Morgan fingerprint density at radius 1 is 1.15 bits per heavy atom. The highest BCUT2D eigenvalue weighted by Crippen LogP contribution is 2.54. The lowest BCUT2D eigenvalue weighted by Crippen LogP contribution is -2.65. The van der Waals surface area contributed by atoms with Crippen molar-refractivity contribution in [3.8, 4) is 5.75 Å². The van der Waals surface area contributed by atoms with E-state index >= 15 is 0 Å². The summed E-state index contributed by atoms with van der Waals surface area (Å²) in [6.07, 6.45) is 0.274. The number of methoxy groups -OCH3 is 1. The Morgan fingerprint density at radius 3 is 2.35 bits per heavy atom. The zero-order chi connectivity index (χ0) is 29.8. The molecule has 218 valence electrons. The van der Waals surface area contributed by atoms with Crippen LogP contribution in [0.2, 0.25) is 0 Å². The summed E-state index contributed by atoms with van der Waals surface area (Å²) in [6.45, 7) is 1.40. The molecule has 4 atom stereocenters. The number of benzene rings is 1. The Balaban J connectivity index is 1.93. The lowest BCUT2D eigenvalue weighted by atomic mass is 9.57. The summed E-state index contributed by atoms with van der Waals surface area (Å²) in [5, 5.41) is 45.7. The van der Waals surface area contributed by atoms with Crippen molar-refractivity contribution in [2.75, 3.05) is 60.4 Å². The second-order valence-electron chi connectivity index (χ2n) is 11.3. The number of ketones is 2. The summed E-state index contributed by atoms with van der Waals surface area (Å²) in [4.78, 5) is 44.7. The van der Waals surface area contributed by atoms with Crippen molar-refractivity contribution in [1.82, 2.24) is 9.80 Å². The minimum Gasteiger partial charge on any atom is -0.508 e. The van der Waals surface area contributed by atoms with Crippen molar-refractivity contribution in [3.05, 3.63) is 39.7 Å². The lowest BCUT2D eigenvalue weighted by Gasteiger charge is -2.50. The third kappa shape index (κ3) is 4.35. The molecule has 0 bridgehead atoms. The van der Waals surface area contributed by atoms with Gasteiger partial charge in [0.1, 0.15) is 22.8 Å². The van der Waals surface area contributed by atoms with Gasteiger partial charge < -0.3 is 35.8 Å². The Labute approximate surface area is 232 Å². The minimum atomic E-state index is -2.66. The van der Waals surface area contributed by atoms with Gasteiger partial charge in [0.15, 0.2) is 11.4 Å². The number of phenolic OH excluding ortho intramolecular Hbond substituents is 1. The summed E-state index contributed by atoms with van der Waals surface area (Å²) < 4.78 is 5.14. The number of aliphatic hydroxyl groups is 3. The average Bonchev–Trinajstić information content (AvgIpc) is 2.85. The first-order chi connectivity index (χ1) is 18.7. The molecule has 1 aromatic rings. The summed E-state index contributed by atoms with van der Waals surface area (Å²) in [5.74, 6) is -6.61. The molecule has 12 heteroatoms. The third-order valence-electron chi connectivity index (χ3n) is 8.38. The number of hydrogen-bond acceptors (Lipinski definition) is 11. The number of aliphatic hydroxyl groups excluding tert-OH is 2. The molecule has 4 rings (SSSR count).